The van der Waals surface area contributed by atoms with Gasteiger partial charge in [0.15, 0.2) is 20.6 Å². The molecule has 0 aliphatic rings. The van der Waals surface area contributed by atoms with Crippen LogP contribution < -0.4 is 24.9 Å². The summed E-state index contributed by atoms with van der Waals surface area (Å²) in [7, 11) is 0. The van der Waals surface area contributed by atoms with Crippen LogP contribution in [0.2, 0.25) is 20.6 Å². The molecule has 10 rings (SSSR count). The van der Waals surface area contributed by atoms with E-state index in [1.54, 1.807) is 118 Å². The topological polar surface area (TPSA) is 241 Å². The number of carbonyl (C=O) groups excluding carboxylic acids is 4. The first-order valence-corrected chi connectivity index (χ1v) is 58.3. The Kier molecular flexibility index (Phi) is 83.1. The van der Waals surface area contributed by atoms with Crippen molar-refractivity contribution in [3.05, 3.63) is 161 Å². The molecule has 0 bridgehead atoms. The molecule has 10 aromatic heterocycles. The molecule has 41 heteroatoms. The number of carbonyl (C=O) groups is 4. The number of pyridine rings is 5. The van der Waals surface area contributed by atoms with Crippen LogP contribution in [0.4, 0.5) is 34.6 Å². The Balaban J connectivity index is -0.000000720. The second kappa shape index (κ2) is 79.7. The number of amides is 4. The number of anilines is 5. The largest absolute Gasteiger partial charge is 0.443 e. The monoisotopic (exact) mass is 2880 g/mol. The van der Waals surface area contributed by atoms with Gasteiger partial charge in [-0.2, -0.15) is 36.4 Å². The van der Waals surface area contributed by atoms with Crippen molar-refractivity contribution < 1.29 is 65.8 Å². The first kappa shape index (κ1) is 138. The smallest absolute Gasteiger partial charge is 0.415 e. The SMILES string of the molecule is C.C.CCCC(I)(I)I.CCCC(I)I.CCCCI.CCC[CH-]I.CCN(C(=O)C(C)CSC)c1sc(-c2cccnc2)nc1Cl.CCN(C(=O)CCSC)c1sc(-c2cccnc2)nc1Cl.CCN(C(=O)OC(C)(C)C)c1cnc(-c2cccnc2)s1.CCN(C(=O)OC(C)(C)C)c1sc(-c2cccnc2)nc1Cl.CCNc1sc(-c2cccnc2)nc1Cl.[CH2-]CCC.[V].[V]. The number of ether oxygens (including phenoxy) is 2. The Morgan fingerprint density at radius 2 is 0.902 bits per heavy atom. The molecular weight excluding hydrogens is 2760 g/mol. The number of nitrogens with one attached hydrogen (secondary N) is 1. The van der Waals surface area contributed by atoms with Gasteiger partial charge in [0.1, 0.15) is 60.7 Å². The number of thiazole rings is 5. The zero-order valence-electron chi connectivity index (χ0n) is 77.1. The molecule has 1 N–H and O–H groups in total. The van der Waals surface area contributed by atoms with Crippen LogP contribution in [-0.4, -0.2) is 148 Å². The Morgan fingerprint density at radius 3 is 1.17 bits per heavy atom. The van der Waals surface area contributed by atoms with Gasteiger partial charge in [0.05, 0.1) is 8.13 Å². The van der Waals surface area contributed by atoms with Crippen molar-refractivity contribution in [2.75, 3.05) is 86.1 Å². The molecule has 0 aliphatic carbocycles. The molecule has 1 unspecified atom stereocenters. The van der Waals surface area contributed by atoms with Gasteiger partial charge in [-0.05, 0) is 173 Å². The van der Waals surface area contributed by atoms with Crippen molar-refractivity contribution in [1.82, 2.24) is 49.8 Å². The number of nitrogens with zero attached hydrogens (tertiary/aromatic N) is 14. The van der Waals surface area contributed by atoms with Crippen LogP contribution in [-0.2, 0) is 56.2 Å². The molecule has 0 saturated carbocycles. The normalized spacial score (nSPS) is 10.5. The number of halogens is 11. The van der Waals surface area contributed by atoms with E-state index in [4.69, 9.17) is 55.9 Å². The predicted octanol–water partition coefficient (Wildman–Crippen LogP) is 34.3. The van der Waals surface area contributed by atoms with Crippen molar-refractivity contribution in [3.63, 3.8) is 0 Å². The summed E-state index contributed by atoms with van der Waals surface area (Å²) in [4.78, 5) is 97.9. The van der Waals surface area contributed by atoms with E-state index >= 15 is 0 Å². The van der Waals surface area contributed by atoms with Gasteiger partial charge in [-0.15, -0.1) is 0 Å². The van der Waals surface area contributed by atoms with Gasteiger partial charge >= 0.3 is 12.2 Å². The van der Waals surface area contributed by atoms with Gasteiger partial charge in [0.2, 0.25) is 11.8 Å². The standard InChI is InChI=1S/C15H18ClN3O2S.C15H18ClN3OS2.C15H19N3O2S.C14H16ClN3OS2.C10H10ClN3S.C4H7I3.C4H8I2.C4H9I.C4H8I.C4H9.2CH4.2V/c1-5-19(14(20)21-15(2,3)4)13-11(16)18-12(22-13)10-7-6-8-17-9-10;1-4-19(14(20)10(2)9-21-3)15-12(16)18-13(22-15)11-6-5-7-17-8-11;1-5-18(14(19)20-15(2,3)4)12-10-17-13(21-12)11-7-6-8-16-9-11;1-3-18(11(19)6-8-20-2)14-12(15)17-13(21-14)10-5-4-7-16-9-10;1-2-13-10-8(11)14-9(15-10)7-4-3-5-12-6-7;1-2-3-4(5,6)7;1-2-3-4(5)6;2*1-2-3-4-5;1-3-4-2;;;;/h6-9H,5H2,1-4H3;5-8,10H,4,9H2,1-3H3;6-10H,5H2,1-4H3;4-5,7,9H,3,6,8H2,1-2H3;3-6,13H,2H2,1H3;2-3H2,1H3;4H,2-3H2,1H3;2-4H2,1H3;4H,2-3H2,1H3;1,3-4H2,2H3;2*1H4;;/q;;;;;;;;2*-1;;;;. The van der Waals surface area contributed by atoms with Crippen molar-refractivity contribution in [1.29, 1.82) is 0 Å². The average Bonchev–Trinajstić information content (AvgIpc) is 1.69. The fraction of sp³-hybridized carbons (Fsp3) is 0.495. The number of thioether (sulfide) groups is 2. The van der Waals surface area contributed by atoms with Crippen molar-refractivity contribution in [2.24, 2.45) is 5.92 Å². The number of unbranched alkanes of at least 4 members (excludes halogenated alkanes) is 3. The van der Waals surface area contributed by atoms with Gasteiger partial charge in [0, 0.05) is 183 Å². The molecule has 0 aromatic carbocycles. The van der Waals surface area contributed by atoms with Crippen molar-refractivity contribution in [2.45, 2.75) is 216 Å². The average molecular weight is 2890 g/mol. The quantitative estimate of drug-likeness (QED) is 0.0250. The Labute approximate surface area is 957 Å². The summed E-state index contributed by atoms with van der Waals surface area (Å²) in [6.07, 6.45) is 35.5. The summed E-state index contributed by atoms with van der Waals surface area (Å²) in [5.41, 5.74) is 3.53. The first-order chi connectivity index (χ1) is 60.8. The Hall–Kier alpha value is -0.681. The predicted molar refractivity (Wildman–Crippen MR) is 633 cm³/mol. The zero-order chi connectivity index (χ0) is 96.4. The zero-order valence-corrected chi connectivity index (χ0v) is 104. The molecule has 4 amide bonds. The van der Waals surface area contributed by atoms with Gasteiger partial charge < -0.3 is 54.1 Å². The van der Waals surface area contributed by atoms with Crippen LogP contribution in [0.5, 0.6) is 0 Å². The maximum atomic E-state index is 12.6. The molecule has 1 atom stereocenters. The molecule has 0 fully saturated rings. The first-order valence-electron chi connectivity index (χ1n) is 41.5. The summed E-state index contributed by atoms with van der Waals surface area (Å²) >= 11 is 52.1. The van der Waals surface area contributed by atoms with Crippen LogP contribution in [0.15, 0.2) is 129 Å². The minimum atomic E-state index is -0.562. The summed E-state index contributed by atoms with van der Waals surface area (Å²) in [6.45, 7) is 40.2. The number of hydrogen-bond acceptors (Lipinski definition) is 24. The van der Waals surface area contributed by atoms with E-state index in [0.29, 0.717) is 62.5 Å². The summed E-state index contributed by atoms with van der Waals surface area (Å²) in [5, 5.41) is 12.4. The minimum absolute atomic E-state index is 0. The minimum Gasteiger partial charge on any atom is -0.443 e. The van der Waals surface area contributed by atoms with Crippen LogP contribution in [0.3, 0.4) is 0 Å². The Bertz CT molecular complexity index is 4610. The molecule has 2 radical (unpaired) electrons. The van der Waals surface area contributed by atoms with Crippen LogP contribution in [0, 0.1) is 17.3 Å². The fourth-order valence-electron chi connectivity index (χ4n) is 9.27. The van der Waals surface area contributed by atoms with Crippen LogP contribution in [0.25, 0.3) is 52.9 Å². The summed E-state index contributed by atoms with van der Waals surface area (Å²) in [6, 6.07) is 19.0. The van der Waals surface area contributed by atoms with Crippen LogP contribution >= 0.6 is 285 Å². The van der Waals surface area contributed by atoms with Gasteiger partial charge in [0.25, 0.3) is 0 Å². The second-order valence-electron chi connectivity index (χ2n) is 28.4. The third-order valence-electron chi connectivity index (χ3n) is 15.4. The number of hydrogen-bond donors (Lipinski definition) is 1. The molecule has 21 nitrogen and oxygen atoms in total. The van der Waals surface area contributed by atoms with E-state index in [-0.39, 0.29) is 80.9 Å². The van der Waals surface area contributed by atoms with Gasteiger partial charge in [-0.3, -0.25) is 48.7 Å². The maximum absolute atomic E-state index is 12.6. The molecule has 132 heavy (non-hydrogen) atoms. The Morgan fingerprint density at radius 1 is 0.523 bits per heavy atom. The van der Waals surface area contributed by atoms with E-state index in [2.05, 4.69) is 259 Å². The molecule has 0 aliphatic heterocycles. The van der Waals surface area contributed by atoms with Crippen molar-refractivity contribution in [3.8, 4) is 52.9 Å². The van der Waals surface area contributed by atoms with Gasteiger partial charge in [-0.1, -0.05) is 327 Å². The molecule has 10 aromatic rings. The molecular formula is C91H130Cl4I7N15O6S7V2-2. The number of rotatable bonds is 30. The number of aromatic nitrogens is 10. The molecule has 10 heterocycles. The van der Waals surface area contributed by atoms with Crippen molar-refractivity contribution >= 4 is 334 Å². The van der Waals surface area contributed by atoms with Crippen LogP contribution in [0.1, 0.15) is 203 Å². The van der Waals surface area contributed by atoms with Gasteiger partial charge in [-0.25, -0.2) is 34.5 Å². The molecule has 736 valence electrons. The fourth-order valence-corrected chi connectivity index (χ4v) is 20.8. The third kappa shape index (κ3) is 57.6. The van der Waals surface area contributed by atoms with E-state index in [0.717, 1.165) is 89.3 Å². The number of alkyl halides is 6. The third-order valence-corrected chi connectivity index (χ3v) is 28.1. The maximum Gasteiger partial charge on any atom is 0.415 e. The summed E-state index contributed by atoms with van der Waals surface area (Å²) < 4.78 is 15.6. The second-order valence-corrected chi connectivity index (χ2v) is 55.7. The summed E-state index contributed by atoms with van der Waals surface area (Å²) in [5.74, 6) is 1.72. The van der Waals surface area contributed by atoms with E-state index in [9.17, 15) is 19.2 Å². The van der Waals surface area contributed by atoms with E-state index in [1.807, 2.05) is 156 Å². The molecule has 0 saturated heterocycles. The molecule has 0 spiro atoms. The van der Waals surface area contributed by atoms with E-state index in [1.165, 1.54) is 112 Å². The van der Waals surface area contributed by atoms with E-state index < -0.39 is 17.3 Å².